The summed E-state index contributed by atoms with van der Waals surface area (Å²) in [5.74, 6) is -3.64. The minimum atomic E-state index is -1.06. The van der Waals surface area contributed by atoms with Crippen LogP contribution in [0, 0.1) is 31.4 Å². The predicted molar refractivity (Wildman–Crippen MR) is 88.7 cm³/mol. The van der Waals surface area contributed by atoms with Gasteiger partial charge in [0.1, 0.15) is 0 Å². The van der Waals surface area contributed by atoms with Crippen LogP contribution >= 0.6 is 0 Å². The summed E-state index contributed by atoms with van der Waals surface area (Å²) in [6.45, 7) is 3.48. The summed E-state index contributed by atoms with van der Waals surface area (Å²) in [5, 5.41) is 11.9. The average molecular weight is 345 g/mol. The zero-order chi connectivity index (χ0) is 18.3. The van der Waals surface area contributed by atoms with Gasteiger partial charge < -0.3 is 10.4 Å². The maximum Gasteiger partial charge on any atom is 0.336 e. The molecule has 0 heterocycles. The standard InChI is InChI=1S/C19H17F2NO3/c1-9-5-10(2)17(8-12(9)19(24)25)22-18(23)14-7-13(14)11-3-4-15(20)16(21)6-11/h3-6,8,13-14H,7H2,1-2H3,(H,22,23)(H,24,25). The summed E-state index contributed by atoms with van der Waals surface area (Å²) in [6.07, 6.45) is 0.549. The van der Waals surface area contributed by atoms with Gasteiger partial charge in [0.05, 0.1) is 5.56 Å². The van der Waals surface area contributed by atoms with Crippen molar-refractivity contribution in [2.24, 2.45) is 5.92 Å². The molecule has 1 aliphatic carbocycles. The van der Waals surface area contributed by atoms with Gasteiger partial charge in [-0.3, -0.25) is 4.79 Å². The van der Waals surface area contributed by atoms with E-state index in [1.165, 1.54) is 12.1 Å². The molecule has 0 radical (unpaired) electrons. The Hall–Kier alpha value is -2.76. The highest BCUT2D eigenvalue weighted by atomic mass is 19.2. The summed E-state index contributed by atoms with van der Waals surface area (Å²) in [4.78, 5) is 23.6. The fraction of sp³-hybridized carbons (Fsp3) is 0.263. The number of carbonyl (C=O) groups is 2. The Kier molecular flexibility index (Phi) is 4.29. The summed E-state index contributed by atoms with van der Waals surface area (Å²) >= 11 is 0. The van der Waals surface area contributed by atoms with Gasteiger partial charge in [-0.15, -0.1) is 0 Å². The van der Waals surface area contributed by atoms with Crippen molar-refractivity contribution >= 4 is 17.6 Å². The number of rotatable bonds is 4. The molecule has 2 atom stereocenters. The fourth-order valence-corrected chi connectivity index (χ4v) is 3.04. The number of anilines is 1. The smallest absolute Gasteiger partial charge is 0.336 e. The average Bonchev–Trinajstić information content (AvgIpc) is 3.33. The highest BCUT2D eigenvalue weighted by Crippen LogP contribution is 2.48. The number of hydrogen-bond donors (Lipinski definition) is 2. The second-order valence-electron chi connectivity index (χ2n) is 6.40. The van der Waals surface area contributed by atoms with E-state index in [4.69, 9.17) is 0 Å². The summed E-state index contributed by atoms with van der Waals surface area (Å²) in [7, 11) is 0. The van der Waals surface area contributed by atoms with Crippen LogP contribution in [0.2, 0.25) is 0 Å². The van der Waals surface area contributed by atoms with Crippen molar-refractivity contribution < 1.29 is 23.5 Å². The van der Waals surface area contributed by atoms with E-state index in [0.29, 0.717) is 23.2 Å². The monoisotopic (exact) mass is 345 g/mol. The van der Waals surface area contributed by atoms with Gasteiger partial charge >= 0.3 is 5.97 Å². The van der Waals surface area contributed by atoms with E-state index in [-0.39, 0.29) is 23.3 Å². The summed E-state index contributed by atoms with van der Waals surface area (Å²) < 4.78 is 26.3. The Balaban J connectivity index is 1.75. The molecule has 0 aromatic heterocycles. The molecule has 0 saturated heterocycles. The molecule has 2 N–H and O–H groups in total. The normalized spacial score (nSPS) is 18.7. The van der Waals surface area contributed by atoms with Crippen LogP contribution in [0.3, 0.4) is 0 Å². The van der Waals surface area contributed by atoms with Gasteiger partial charge in [-0.1, -0.05) is 12.1 Å². The lowest BCUT2D eigenvalue weighted by Gasteiger charge is -2.11. The van der Waals surface area contributed by atoms with Crippen molar-refractivity contribution in [3.05, 3.63) is 64.2 Å². The van der Waals surface area contributed by atoms with Gasteiger partial charge in [0.25, 0.3) is 0 Å². The van der Waals surface area contributed by atoms with Crippen LogP contribution in [-0.2, 0) is 4.79 Å². The van der Waals surface area contributed by atoms with Crippen LogP contribution in [0.4, 0.5) is 14.5 Å². The second-order valence-corrected chi connectivity index (χ2v) is 6.40. The number of carbonyl (C=O) groups excluding carboxylic acids is 1. The number of carboxylic acid groups (broad SMARTS) is 1. The van der Waals surface area contributed by atoms with E-state index >= 15 is 0 Å². The summed E-state index contributed by atoms with van der Waals surface area (Å²) in [6, 6.07) is 6.81. The Labute approximate surface area is 143 Å². The Morgan fingerprint density at radius 2 is 1.80 bits per heavy atom. The molecule has 2 aromatic rings. The maximum absolute atomic E-state index is 13.3. The molecule has 1 saturated carbocycles. The van der Waals surface area contributed by atoms with Gasteiger partial charge in [0, 0.05) is 11.6 Å². The Morgan fingerprint density at radius 3 is 2.44 bits per heavy atom. The number of aromatic carboxylic acids is 1. The zero-order valence-corrected chi connectivity index (χ0v) is 13.8. The van der Waals surface area contributed by atoms with Crippen molar-refractivity contribution in [3.63, 3.8) is 0 Å². The van der Waals surface area contributed by atoms with E-state index < -0.39 is 17.6 Å². The maximum atomic E-state index is 13.3. The van der Waals surface area contributed by atoms with Gasteiger partial charge in [0.2, 0.25) is 5.91 Å². The molecule has 0 aliphatic heterocycles. The number of nitrogens with one attached hydrogen (secondary N) is 1. The third-order valence-electron chi connectivity index (χ3n) is 4.56. The SMILES string of the molecule is Cc1cc(C)c(C(=O)O)cc1NC(=O)C1CC1c1ccc(F)c(F)c1. The Bertz CT molecular complexity index is 879. The fourth-order valence-electron chi connectivity index (χ4n) is 3.04. The molecule has 0 spiro atoms. The molecular weight excluding hydrogens is 328 g/mol. The number of amides is 1. The van der Waals surface area contributed by atoms with Gasteiger partial charge in [-0.05, 0) is 61.1 Å². The van der Waals surface area contributed by atoms with E-state index in [1.807, 2.05) is 0 Å². The lowest BCUT2D eigenvalue weighted by Crippen LogP contribution is -2.16. The van der Waals surface area contributed by atoms with Crippen LogP contribution in [0.1, 0.15) is 39.4 Å². The third kappa shape index (κ3) is 3.38. The van der Waals surface area contributed by atoms with Gasteiger partial charge in [-0.25, -0.2) is 13.6 Å². The highest BCUT2D eigenvalue weighted by Gasteiger charge is 2.44. The number of hydrogen-bond acceptors (Lipinski definition) is 2. The molecule has 130 valence electrons. The molecule has 25 heavy (non-hydrogen) atoms. The van der Waals surface area contributed by atoms with Crippen molar-refractivity contribution in [3.8, 4) is 0 Å². The van der Waals surface area contributed by atoms with Crippen molar-refractivity contribution in [1.29, 1.82) is 0 Å². The molecule has 2 unspecified atom stereocenters. The van der Waals surface area contributed by atoms with Crippen LogP contribution in [0.15, 0.2) is 30.3 Å². The lowest BCUT2D eigenvalue weighted by atomic mass is 10.0. The molecule has 4 nitrogen and oxygen atoms in total. The minimum Gasteiger partial charge on any atom is -0.478 e. The third-order valence-corrected chi connectivity index (χ3v) is 4.56. The molecule has 0 bridgehead atoms. The van der Waals surface area contributed by atoms with E-state index in [2.05, 4.69) is 5.32 Å². The molecule has 1 amide bonds. The molecule has 2 aromatic carbocycles. The lowest BCUT2D eigenvalue weighted by molar-refractivity contribution is -0.117. The topological polar surface area (TPSA) is 66.4 Å². The quantitative estimate of drug-likeness (QED) is 0.879. The number of benzene rings is 2. The van der Waals surface area contributed by atoms with Crippen LogP contribution in [0.5, 0.6) is 0 Å². The van der Waals surface area contributed by atoms with Crippen molar-refractivity contribution in [2.75, 3.05) is 5.32 Å². The number of halogens is 2. The molecule has 6 heteroatoms. The molecular formula is C19H17F2NO3. The number of aryl methyl sites for hydroxylation is 2. The number of carboxylic acids is 1. The van der Waals surface area contributed by atoms with E-state index in [1.54, 1.807) is 19.9 Å². The minimum absolute atomic E-state index is 0.133. The molecule has 1 fully saturated rings. The first kappa shape index (κ1) is 17.1. The first-order valence-electron chi connectivity index (χ1n) is 7.88. The first-order valence-corrected chi connectivity index (χ1v) is 7.88. The van der Waals surface area contributed by atoms with Crippen molar-refractivity contribution in [1.82, 2.24) is 0 Å². The Morgan fingerprint density at radius 1 is 1.08 bits per heavy atom. The van der Waals surface area contributed by atoms with E-state index in [9.17, 15) is 23.5 Å². The summed E-state index contributed by atoms with van der Waals surface area (Å²) in [5.41, 5.74) is 2.55. The predicted octanol–water partition coefficient (Wildman–Crippen LogP) is 4.02. The van der Waals surface area contributed by atoms with Gasteiger partial charge in [-0.2, -0.15) is 0 Å². The van der Waals surface area contributed by atoms with Crippen LogP contribution in [-0.4, -0.2) is 17.0 Å². The molecule has 1 aliphatic rings. The van der Waals surface area contributed by atoms with Gasteiger partial charge in [0.15, 0.2) is 11.6 Å². The largest absolute Gasteiger partial charge is 0.478 e. The van der Waals surface area contributed by atoms with E-state index in [0.717, 1.165) is 17.7 Å². The highest BCUT2D eigenvalue weighted by molar-refractivity contribution is 5.98. The second kappa shape index (κ2) is 6.27. The van der Waals surface area contributed by atoms with Crippen LogP contribution in [0.25, 0.3) is 0 Å². The van der Waals surface area contributed by atoms with Crippen molar-refractivity contribution in [2.45, 2.75) is 26.2 Å². The van der Waals surface area contributed by atoms with Crippen LogP contribution < -0.4 is 5.32 Å². The first-order chi connectivity index (χ1) is 11.8. The molecule has 3 rings (SSSR count). The zero-order valence-electron chi connectivity index (χ0n) is 13.8.